The number of hydrogen-bond donors (Lipinski definition) is 1. The molecule has 0 spiro atoms. The molecule has 0 aliphatic heterocycles. The predicted molar refractivity (Wildman–Crippen MR) is 88.2 cm³/mol. The summed E-state index contributed by atoms with van der Waals surface area (Å²) in [4.78, 5) is 16.2. The highest BCUT2D eigenvalue weighted by Crippen LogP contribution is 2.31. The van der Waals surface area contributed by atoms with Gasteiger partial charge in [0.1, 0.15) is 5.69 Å². The number of amides is 1. The Bertz CT molecular complexity index is 951. The maximum absolute atomic E-state index is 12.9. The largest absolute Gasteiger partial charge is 0.417 e. The van der Waals surface area contributed by atoms with Gasteiger partial charge in [-0.25, -0.2) is 10.4 Å². The van der Waals surface area contributed by atoms with Gasteiger partial charge in [-0.3, -0.25) is 4.79 Å². The van der Waals surface area contributed by atoms with Crippen molar-refractivity contribution < 1.29 is 18.0 Å². The highest BCUT2D eigenvalue weighted by molar-refractivity contribution is 5.95. The van der Waals surface area contributed by atoms with E-state index in [-0.39, 0.29) is 11.3 Å². The number of rotatable bonds is 3. The van der Waals surface area contributed by atoms with E-state index in [9.17, 15) is 18.0 Å². The maximum Gasteiger partial charge on any atom is 0.417 e. The molecule has 0 fully saturated rings. The van der Waals surface area contributed by atoms with E-state index in [4.69, 9.17) is 0 Å². The Morgan fingerprint density at radius 2 is 1.72 bits per heavy atom. The first-order valence-corrected chi connectivity index (χ1v) is 7.30. The van der Waals surface area contributed by atoms with Crippen molar-refractivity contribution in [3.05, 3.63) is 77.5 Å². The Kier molecular flexibility index (Phi) is 4.47. The van der Waals surface area contributed by atoms with Crippen LogP contribution < -0.4 is 5.43 Å². The molecule has 2 aromatic carbocycles. The van der Waals surface area contributed by atoms with Crippen LogP contribution in [0.4, 0.5) is 13.2 Å². The maximum atomic E-state index is 12.9. The third kappa shape index (κ3) is 3.82. The summed E-state index contributed by atoms with van der Waals surface area (Å²) in [5, 5.41) is 4.48. The lowest BCUT2D eigenvalue weighted by Gasteiger charge is -2.09. The zero-order valence-corrected chi connectivity index (χ0v) is 12.8. The van der Waals surface area contributed by atoms with Crippen molar-refractivity contribution in [2.75, 3.05) is 0 Å². The molecule has 3 rings (SSSR count). The molecule has 4 nitrogen and oxygen atoms in total. The SMILES string of the molecule is O=C(N/N=C\c1ccccc1C(F)(F)F)c1ccc2ccccc2n1. The van der Waals surface area contributed by atoms with Crippen LogP contribution >= 0.6 is 0 Å². The number of hydrazone groups is 1. The second kappa shape index (κ2) is 6.72. The summed E-state index contributed by atoms with van der Waals surface area (Å²) in [5.74, 6) is -0.605. The normalized spacial score (nSPS) is 11.8. The lowest BCUT2D eigenvalue weighted by molar-refractivity contribution is -0.137. The fourth-order valence-corrected chi connectivity index (χ4v) is 2.28. The summed E-state index contributed by atoms with van der Waals surface area (Å²) in [6.07, 6.45) is -3.53. The molecular weight excluding hydrogens is 331 g/mol. The number of hydrogen-bond acceptors (Lipinski definition) is 3. The smallest absolute Gasteiger partial charge is 0.266 e. The van der Waals surface area contributed by atoms with Crippen LogP contribution in [0, 0.1) is 0 Å². The summed E-state index contributed by atoms with van der Waals surface area (Å²) in [6, 6.07) is 15.5. The van der Waals surface area contributed by atoms with Crippen molar-refractivity contribution in [2.24, 2.45) is 5.10 Å². The minimum absolute atomic E-state index is 0.125. The zero-order chi connectivity index (χ0) is 17.9. The van der Waals surface area contributed by atoms with Gasteiger partial charge in [0.25, 0.3) is 5.91 Å². The van der Waals surface area contributed by atoms with E-state index in [0.717, 1.165) is 17.7 Å². The molecule has 3 aromatic rings. The number of para-hydroxylation sites is 1. The van der Waals surface area contributed by atoms with Crippen LogP contribution in [0.25, 0.3) is 10.9 Å². The predicted octanol–water partition coefficient (Wildman–Crippen LogP) is 4.02. The Balaban J connectivity index is 1.77. The fourth-order valence-electron chi connectivity index (χ4n) is 2.28. The molecule has 0 aliphatic carbocycles. The lowest BCUT2D eigenvalue weighted by Crippen LogP contribution is -2.19. The Morgan fingerprint density at radius 1 is 1.00 bits per heavy atom. The molecule has 0 saturated carbocycles. The van der Waals surface area contributed by atoms with Gasteiger partial charge in [0.15, 0.2) is 0 Å². The summed E-state index contributed by atoms with van der Waals surface area (Å²) < 4.78 is 38.7. The van der Waals surface area contributed by atoms with Crippen LogP contribution in [0.15, 0.2) is 65.8 Å². The molecule has 0 bridgehead atoms. The van der Waals surface area contributed by atoms with Crippen molar-refractivity contribution in [3.63, 3.8) is 0 Å². The molecule has 0 radical (unpaired) electrons. The summed E-state index contributed by atoms with van der Waals surface area (Å²) in [5.41, 5.74) is 2.00. The Hall–Kier alpha value is -3.22. The standard InChI is InChI=1S/C18H12F3N3O/c19-18(20,21)14-7-3-1-6-13(14)11-22-24-17(25)16-10-9-12-5-2-4-8-15(12)23-16/h1-11H,(H,24,25)/b22-11-. The zero-order valence-electron chi connectivity index (χ0n) is 12.8. The number of aromatic nitrogens is 1. The number of nitrogens with one attached hydrogen (secondary N) is 1. The summed E-state index contributed by atoms with van der Waals surface area (Å²) in [6.45, 7) is 0. The van der Waals surface area contributed by atoms with Crippen LogP contribution in [0.5, 0.6) is 0 Å². The number of pyridine rings is 1. The van der Waals surface area contributed by atoms with Crippen LogP contribution in [0.3, 0.4) is 0 Å². The van der Waals surface area contributed by atoms with E-state index in [1.807, 2.05) is 12.1 Å². The van der Waals surface area contributed by atoms with Gasteiger partial charge >= 0.3 is 6.18 Å². The second-order valence-corrected chi connectivity index (χ2v) is 5.17. The molecule has 0 aliphatic rings. The molecule has 126 valence electrons. The number of fused-ring (bicyclic) bond motifs is 1. The molecule has 1 heterocycles. The van der Waals surface area contributed by atoms with Crippen LogP contribution in [0.2, 0.25) is 0 Å². The number of benzene rings is 2. The van der Waals surface area contributed by atoms with Crippen molar-refractivity contribution in [3.8, 4) is 0 Å². The Labute approximate surface area is 141 Å². The van der Waals surface area contributed by atoms with E-state index in [1.54, 1.807) is 18.2 Å². The van der Waals surface area contributed by atoms with Gasteiger partial charge in [-0.1, -0.05) is 42.5 Å². The first kappa shape index (κ1) is 16.6. The van der Waals surface area contributed by atoms with E-state index >= 15 is 0 Å². The van der Waals surface area contributed by atoms with Gasteiger partial charge in [-0.05, 0) is 18.2 Å². The van der Waals surface area contributed by atoms with Crippen molar-refractivity contribution in [1.82, 2.24) is 10.4 Å². The van der Waals surface area contributed by atoms with Crippen LogP contribution in [-0.4, -0.2) is 17.1 Å². The van der Waals surface area contributed by atoms with E-state index < -0.39 is 17.6 Å². The average Bonchev–Trinajstić information content (AvgIpc) is 2.60. The summed E-state index contributed by atoms with van der Waals surface area (Å²) in [7, 11) is 0. The third-order valence-electron chi connectivity index (χ3n) is 3.47. The van der Waals surface area contributed by atoms with E-state index in [0.29, 0.717) is 5.52 Å². The van der Waals surface area contributed by atoms with Crippen molar-refractivity contribution in [2.45, 2.75) is 6.18 Å². The highest BCUT2D eigenvalue weighted by Gasteiger charge is 2.32. The van der Waals surface area contributed by atoms with Gasteiger partial charge in [-0.2, -0.15) is 18.3 Å². The van der Waals surface area contributed by atoms with Crippen molar-refractivity contribution >= 4 is 23.0 Å². The highest BCUT2D eigenvalue weighted by atomic mass is 19.4. The molecule has 1 amide bonds. The van der Waals surface area contributed by atoms with E-state index in [1.165, 1.54) is 24.3 Å². The quantitative estimate of drug-likeness (QED) is 0.577. The minimum atomic E-state index is -4.49. The number of nitrogens with zero attached hydrogens (tertiary/aromatic N) is 2. The molecule has 1 N–H and O–H groups in total. The van der Waals surface area contributed by atoms with Gasteiger partial charge in [-0.15, -0.1) is 0 Å². The first-order chi connectivity index (χ1) is 11.9. The van der Waals surface area contributed by atoms with Gasteiger partial charge in [0.05, 0.1) is 17.3 Å². The lowest BCUT2D eigenvalue weighted by atomic mass is 10.1. The third-order valence-corrected chi connectivity index (χ3v) is 3.47. The molecule has 0 atom stereocenters. The molecule has 0 saturated heterocycles. The number of carbonyl (C=O) groups excluding carboxylic acids is 1. The molecule has 25 heavy (non-hydrogen) atoms. The monoisotopic (exact) mass is 343 g/mol. The number of carbonyl (C=O) groups is 1. The first-order valence-electron chi connectivity index (χ1n) is 7.30. The van der Waals surface area contributed by atoms with Gasteiger partial charge in [0.2, 0.25) is 0 Å². The second-order valence-electron chi connectivity index (χ2n) is 5.17. The molecular formula is C18H12F3N3O. The minimum Gasteiger partial charge on any atom is -0.266 e. The van der Waals surface area contributed by atoms with Crippen LogP contribution in [-0.2, 0) is 6.18 Å². The molecule has 1 aromatic heterocycles. The number of halogens is 3. The Morgan fingerprint density at radius 3 is 2.52 bits per heavy atom. The van der Waals surface area contributed by atoms with Gasteiger partial charge < -0.3 is 0 Å². The molecule has 7 heteroatoms. The topological polar surface area (TPSA) is 54.4 Å². The molecule has 0 unspecified atom stereocenters. The van der Waals surface area contributed by atoms with Gasteiger partial charge in [0, 0.05) is 10.9 Å². The van der Waals surface area contributed by atoms with E-state index in [2.05, 4.69) is 15.5 Å². The number of alkyl halides is 3. The average molecular weight is 343 g/mol. The van der Waals surface area contributed by atoms with Crippen LogP contribution in [0.1, 0.15) is 21.6 Å². The van der Waals surface area contributed by atoms with Crippen molar-refractivity contribution in [1.29, 1.82) is 0 Å². The fraction of sp³-hybridized carbons (Fsp3) is 0.0556. The summed E-state index contributed by atoms with van der Waals surface area (Å²) >= 11 is 0.